The van der Waals surface area contributed by atoms with Crippen LogP contribution in [0.3, 0.4) is 0 Å². The highest BCUT2D eigenvalue weighted by Gasteiger charge is 2.27. The van der Waals surface area contributed by atoms with Crippen LogP contribution in [0.5, 0.6) is 0 Å². The van der Waals surface area contributed by atoms with E-state index in [0.29, 0.717) is 17.1 Å². The summed E-state index contributed by atoms with van der Waals surface area (Å²) in [6.07, 6.45) is 0.513. The van der Waals surface area contributed by atoms with Crippen molar-refractivity contribution in [1.82, 2.24) is 15.2 Å². The Morgan fingerprint density at radius 2 is 1.96 bits per heavy atom. The first-order valence-corrected chi connectivity index (χ1v) is 9.17. The van der Waals surface area contributed by atoms with Crippen molar-refractivity contribution in [2.45, 2.75) is 32.7 Å². The number of benzene rings is 1. The molecule has 2 rings (SSSR count). The number of nitrogens with zero attached hydrogens (tertiary/aromatic N) is 1. The van der Waals surface area contributed by atoms with E-state index in [1.54, 1.807) is 29.8 Å². The maximum atomic E-state index is 12.8. The van der Waals surface area contributed by atoms with Gasteiger partial charge in [-0.25, -0.2) is 0 Å². The maximum absolute atomic E-state index is 12.8. The molecule has 0 spiro atoms. The van der Waals surface area contributed by atoms with Crippen molar-refractivity contribution in [3.8, 4) is 0 Å². The van der Waals surface area contributed by atoms with E-state index in [2.05, 4.69) is 10.6 Å². The number of carboxylic acid groups (broad SMARTS) is 1. The molecule has 2 amide bonds. The van der Waals surface area contributed by atoms with Crippen LogP contribution >= 0.6 is 11.6 Å². The molecular weight excluding hydrogens is 370 g/mol. The van der Waals surface area contributed by atoms with Crippen LogP contribution in [0.1, 0.15) is 37.2 Å². The third kappa shape index (κ3) is 5.01. The van der Waals surface area contributed by atoms with Crippen LogP contribution in [0.2, 0.25) is 5.02 Å². The van der Waals surface area contributed by atoms with Crippen molar-refractivity contribution in [2.75, 3.05) is 6.54 Å². The smallest absolute Gasteiger partial charge is 0.305 e. The summed E-state index contributed by atoms with van der Waals surface area (Å²) in [6, 6.07) is 6.34. The zero-order chi connectivity index (χ0) is 20.1. The van der Waals surface area contributed by atoms with Gasteiger partial charge < -0.3 is 20.3 Å². The third-order valence-corrected chi connectivity index (χ3v) is 4.89. The molecule has 1 aromatic heterocycles. The van der Waals surface area contributed by atoms with Gasteiger partial charge in [-0.05, 0) is 30.2 Å². The minimum atomic E-state index is -0.992. The van der Waals surface area contributed by atoms with Crippen LogP contribution in [0.25, 0.3) is 10.9 Å². The van der Waals surface area contributed by atoms with Gasteiger partial charge in [-0.15, -0.1) is 0 Å². The normalized spacial score (nSPS) is 13.2. The summed E-state index contributed by atoms with van der Waals surface area (Å²) in [5.41, 5.74) is 1.27. The van der Waals surface area contributed by atoms with Crippen LogP contribution in [0.15, 0.2) is 24.3 Å². The number of carboxylic acids is 1. The minimum Gasteiger partial charge on any atom is -0.481 e. The molecule has 0 radical (unpaired) electrons. The second-order valence-corrected chi connectivity index (χ2v) is 7.00. The molecule has 7 nitrogen and oxygen atoms in total. The van der Waals surface area contributed by atoms with Crippen molar-refractivity contribution < 1.29 is 19.5 Å². The lowest BCUT2D eigenvalue weighted by Gasteiger charge is -2.23. The number of fused-ring (bicyclic) bond motifs is 1. The molecule has 0 aliphatic carbocycles. The topological polar surface area (TPSA) is 100 Å². The largest absolute Gasteiger partial charge is 0.481 e. The van der Waals surface area contributed by atoms with Gasteiger partial charge in [-0.2, -0.15) is 0 Å². The first-order chi connectivity index (χ1) is 12.7. The minimum absolute atomic E-state index is 0.0174. The number of halogens is 1. The van der Waals surface area contributed by atoms with E-state index in [1.807, 2.05) is 19.9 Å². The highest BCUT2D eigenvalue weighted by molar-refractivity contribution is 6.31. The first kappa shape index (κ1) is 20.8. The van der Waals surface area contributed by atoms with Crippen LogP contribution < -0.4 is 10.6 Å². The molecule has 0 aliphatic heterocycles. The number of hydrogen-bond donors (Lipinski definition) is 3. The Hall–Kier alpha value is -2.54. The van der Waals surface area contributed by atoms with Gasteiger partial charge in [-0.1, -0.05) is 31.9 Å². The van der Waals surface area contributed by atoms with Gasteiger partial charge in [0.25, 0.3) is 5.91 Å². The van der Waals surface area contributed by atoms with Crippen molar-refractivity contribution in [3.05, 3.63) is 35.0 Å². The van der Waals surface area contributed by atoms with Gasteiger partial charge in [0.2, 0.25) is 5.91 Å². The molecule has 0 aliphatic rings. The molecular formula is C19H24ClN3O4. The number of carbonyl (C=O) groups is 3. The summed E-state index contributed by atoms with van der Waals surface area (Å²) in [5.74, 6) is -1.86. The number of nitrogens with one attached hydrogen (secondary N) is 2. The summed E-state index contributed by atoms with van der Waals surface area (Å²) in [5, 5.41) is 15.5. The fraction of sp³-hybridized carbons (Fsp3) is 0.421. The van der Waals surface area contributed by atoms with Gasteiger partial charge >= 0.3 is 5.97 Å². The van der Waals surface area contributed by atoms with Gasteiger partial charge in [0, 0.05) is 29.5 Å². The number of carbonyl (C=O) groups excluding carboxylic acids is 2. The Labute approximate surface area is 162 Å². The van der Waals surface area contributed by atoms with Crippen LogP contribution in [-0.2, 0) is 16.6 Å². The second kappa shape index (κ2) is 8.90. The summed E-state index contributed by atoms with van der Waals surface area (Å²) in [6.45, 7) is 3.81. The van der Waals surface area contributed by atoms with E-state index in [-0.39, 0.29) is 30.7 Å². The molecule has 1 heterocycles. The number of hydrogen-bond acceptors (Lipinski definition) is 3. The Balaban J connectivity index is 2.19. The standard InChI is InChI=1S/C19H24ClN3O4/c1-4-11(2)17(19(27)21-8-7-16(24)25)22-18(26)15-10-12-9-13(20)5-6-14(12)23(15)3/h5-6,9-11,17H,4,7-8H2,1-3H3,(H,21,27)(H,22,26)(H,24,25)/t11-,17+/m1/s1. The SMILES string of the molecule is CC[C@@H](C)[C@H](NC(=O)c1cc2cc(Cl)ccc2n1C)C(=O)NCCC(=O)O. The summed E-state index contributed by atoms with van der Waals surface area (Å²) < 4.78 is 1.75. The van der Waals surface area contributed by atoms with Crippen molar-refractivity contribution >= 4 is 40.3 Å². The lowest BCUT2D eigenvalue weighted by molar-refractivity contribution is -0.137. The molecule has 8 heteroatoms. The van der Waals surface area contributed by atoms with E-state index in [0.717, 1.165) is 10.9 Å². The van der Waals surface area contributed by atoms with Crippen LogP contribution in [-0.4, -0.2) is 40.0 Å². The van der Waals surface area contributed by atoms with E-state index in [4.69, 9.17) is 16.7 Å². The summed E-state index contributed by atoms with van der Waals surface area (Å²) >= 11 is 6.01. The number of aryl methyl sites for hydroxylation is 1. The molecule has 0 bridgehead atoms. The van der Waals surface area contributed by atoms with Gasteiger partial charge in [0.1, 0.15) is 11.7 Å². The lowest BCUT2D eigenvalue weighted by Crippen LogP contribution is -2.50. The molecule has 146 valence electrons. The molecule has 0 saturated heterocycles. The Kier molecular flexibility index (Phi) is 6.85. The van der Waals surface area contributed by atoms with E-state index in [1.165, 1.54) is 0 Å². The quantitative estimate of drug-likeness (QED) is 0.641. The molecule has 0 fully saturated rings. The predicted molar refractivity (Wildman–Crippen MR) is 104 cm³/mol. The van der Waals surface area contributed by atoms with Gasteiger partial charge in [0.15, 0.2) is 0 Å². The van der Waals surface area contributed by atoms with E-state index >= 15 is 0 Å². The van der Waals surface area contributed by atoms with Crippen molar-refractivity contribution in [2.24, 2.45) is 13.0 Å². The number of aromatic nitrogens is 1. The molecule has 0 unspecified atom stereocenters. The van der Waals surface area contributed by atoms with Crippen LogP contribution in [0, 0.1) is 5.92 Å². The Morgan fingerprint density at radius 3 is 2.59 bits per heavy atom. The molecule has 3 N–H and O–H groups in total. The lowest BCUT2D eigenvalue weighted by atomic mass is 9.98. The maximum Gasteiger partial charge on any atom is 0.305 e. The summed E-state index contributed by atoms with van der Waals surface area (Å²) in [4.78, 5) is 35.9. The third-order valence-electron chi connectivity index (χ3n) is 4.66. The van der Waals surface area contributed by atoms with E-state index < -0.39 is 12.0 Å². The highest BCUT2D eigenvalue weighted by atomic mass is 35.5. The first-order valence-electron chi connectivity index (χ1n) is 8.80. The number of aliphatic carboxylic acids is 1. The van der Waals surface area contributed by atoms with Crippen LogP contribution in [0.4, 0.5) is 0 Å². The predicted octanol–water partition coefficient (Wildman–Crippen LogP) is 2.57. The van der Waals surface area contributed by atoms with Gasteiger partial charge in [0.05, 0.1) is 6.42 Å². The molecule has 1 aromatic carbocycles. The fourth-order valence-electron chi connectivity index (χ4n) is 2.86. The fourth-order valence-corrected chi connectivity index (χ4v) is 3.04. The monoisotopic (exact) mass is 393 g/mol. The van der Waals surface area contributed by atoms with Crippen molar-refractivity contribution in [1.29, 1.82) is 0 Å². The average Bonchev–Trinajstić information content (AvgIpc) is 2.94. The Morgan fingerprint density at radius 1 is 1.26 bits per heavy atom. The van der Waals surface area contributed by atoms with Crippen molar-refractivity contribution in [3.63, 3.8) is 0 Å². The Bertz CT molecular complexity index is 862. The summed E-state index contributed by atoms with van der Waals surface area (Å²) in [7, 11) is 1.77. The number of rotatable bonds is 8. The van der Waals surface area contributed by atoms with E-state index in [9.17, 15) is 14.4 Å². The molecule has 2 aromatic rings. The zero-order valence-electron chi connectivity index (χ0n) is 15.6. The number of amides is 2. The van der Waals surface area contributed by atoms with Gasteiger partial charge in [-0.3, -0.25) is 14.4 Å². The second-order valence-electron chi connectivity index (χ2n) is 6.56. The average molecular weight is 394 g/mol. The molecule has 0 saturated carbocycles. The molecule has 2 atom stereocenters. The molecule has 27 heavy (non-hydrogen) atoms. The zero-order valence-corrected chi connectivity index (χ0v) is 16.3. The highest BCUT2D eigenvalue weighted by Crippen LogP contribution is 2.23.